The van der Waals surface area contributed by atoms with Crippen molar-refractivity contribution in [2.24, 2.45) is 0 Å². The minimum Gasteiger partial charge on any atom is -0.342 e. The van der Waals surface area contributed by atoms with E-state index in [4.69, 9.17) is 0 Å². The van der Waals surface area contributed by atoms with Gasteiger partial charge in [-0.3, -0.25) is 4.79 Å². The molecule has 0 N–H and O–H groups in total. The van der Waals surface area contributed by atoms with Crippen LogP contribution in [0, 0.1) is 0 Å². The third kappa shape index (κ3) is 4.40. The molecule has 2 aromatic rings. The normalized spacial score (nSPS) is 19.2. The number of thioether (sulfide) groups is 1. The first-order valence-corrected chi connectivity index (χ1v) is 11.8. The largest absolute Gasteiger partial charge is 0.342 e. The van der Waals surface area contributed by atoms with E-state index in [0.717, 1.165) is 30.2 Å². The lowest BCUT2D eigenvalue weighted by molar-refractivity contribution is -0.131. The Morgan fingerprint density at radius 3 is 2.74 bits per heavy atom. The molecule has 2 fully saturated rings. The molecule has 0 aliphatic heterocycles. The van der Waals surface area contributed by atoms with Crippen LogP contribution in [-0.4, -0.2) is 43.9 Å². The zero-order valence-corrected chi connectivity index (χ0v) is 17.8. The Morgan fingerprint density at radius 1 is 1.30 bits per heavy atom. The van der Waals surface area contributed by atoms with Crippen molar-refractivity contribution in [3.05, 3.63) is 28.2 Å². The molecule has 0 unspecified atom stereocenters. The van der Waals surface area contributed by atoms with Gasteiger partial charge in [0, 0.05) is 30.4 Å². The molecule has 0 bridgehead atoms. The van der Waals surface area contributed by atoms with Crippen molar-refractivity contribution < 1.29 is 4.79 Å². The number of thiophene rings is 1. The number of carbonyl (C=O) groups is 1. The van der Waals surface area contributed by atoms with Crippen molar-refractivity contribution in [1.29, 1.82) is 0 Å². The maximum atomic E-state index is 13.0. The van der Waals surface area contributed by atoms with E-state index in [1.165, 1.54) is 37.0 Å². The summed E-state index contributed by atoms with van der Waals surface area (Å²) in [5.41, 5.74) is 0. The van der Waals surface area contributed by atoms with Crippen LogP contribution in [-0.2, 0) is 11.2 Å². The van der Waals surface area contributed by atoms with Gasteiger partial charge in [0.05, 0.1) is 5.25 Å². The lowest BCUT2D eigenvalue weighted by atomic mass is 9.94. The summed E-state index contributed by atoms with van der Waals surface area (Å²) >= 11 is 3.33. The summed E-state index contributed by atoms with van der Waals surface area (Å²) < 4.78 is 2.29. The Hall–Kier alpha value is -1.34. The maximum absolute atomic E-state index is 13.0. The number of rotatable bonds is 7. The van der Waals surface area contributed by atoms with E-state index in [0.29, 0.717) is 12.1 Å². The highest BCUT2D eigenvalue weighted by molar-refractivity contribution is 8.00. The molecule has 1 atom stereocenters. The maximum Gasteiger partial charge on any atom is 0.235 e. The van der Waals surface area contributed by atoms with Gasteiger partial charge in [-0.05, 0) is 44.1 Å². The molecule has 2 saturated carbocycles. The summed E-state index contributed by atoms with van der Waals surface area (Å²) in [7, 11) is 1.98. The minimum absolute atomic E-state index is 0.131. The highest BCUT2D eigenvalue weighted by Crippen LogP contribution is 2.40. The molecule has 5 nitrogen and oxygen atoms in total. The van der Waals surface area contributed by atoms with Gasteiger partial charge in [0.25, 0.3) is 0 Å². The Balaban J connectivity index is 1.45. The zero-order valence-electron chi connectivity index (χ0n) is 16.1. The van der Waals surface area contributed by atoms with Crippen LogP contribution in [0.5, 0.6) is 0 Å². The second-order valence-electron chi connectivity index (χ2n) is 7.76. The number of amides is 1. The molecule has 1 amide bonds. The lowest BCUT2D eigenvalue weighted by Crippen LogP contribution is -2.42. The predicted molar refractivity (Wildman–Crippen MR) is 110 cm³/mol. The Kier molecular flexibility index (Phi) is 5.88. The molecule has 7 heteroatoms. The molecule has 146 valence electrons. The summed E-state index contributed by atoms with van der Waals surface area (Å²) in [5, 5.41) is 11.8. The first kappa shape index (κ1) is 19.0. The van der Waals surface area contributed by atoms with Crippen LogP contribution in [0.15, 0.2) is 22.7 Å². The SMILES string of the molecule is C[C@H](Sc1nnc(Cc2cccs2)n1C1CC1)C(=O)N(C)C1CCCCC1. The van der Waals surface area contributed by atoms with Crippen molar-refractivity contribution in [1.82, 2.24) is 19.7 Å². The summed E-state index contributed by atoms with van der Waals surface area (Å²) in [6.45, 7) is 2.01. The Morgan fingerprint density at radius 2 is 2.07 bits per heavy atom. The summed E-state index contributed by atoms with van der Waals surface area (Å²) in [6, 6.07) is 5.14. The predicted octanol–water partition coefficient (Wildman–Crippen LogP) is 4.54. The Labute approximate surface area is 169 Å². The first-order chi connectivity index (χ1) is 13.1. The zero-order chi connectivity index (χ0) is 18.8. The fraction of sp³-hybridized carbons (Fsp3) is 0.650. The van der Waals surface area contributed by atoms with E-state index in [2.05, 4.69) is 32.3 Å². The Bertz CT molecular complexity index is 763. The van der Waals surface area contributed by atoms with E-state index in [1.807, 2.05) is 18.9 Å². The highest BCUT2D eigenvalue weighted by Gasteiger charge is 2.32. The van der Waals surface area contributed by atoms with Crippen LogP contribution in [0.2, 0.25) is 0 Å². The van der Waals surface area contributed by atoms with E-state index < -0.39 is 0 Å². The summed E-state index contributed by atoms with van der Waals surface area (Å²) in [6.07, 6.45) is 9.27. The van der Waals surface area contributed by atoms with Crippen LogP contribution in [0.25, 0.3) is 0 Å². The highest BCUT2D eigenvalue weighted by atomic mass is 32.2. The fourth-order valence-corrected chi connectivity index (χ4v) is 5.66. The van der Waals surface area contributed by atoms with Crippen LogP contribution in [0.4, 0.5) is 0 Å². The van der Waals surface area contributed by atoms with Gasteiger partial charge in [0.2, 0.25) is 5.91 Å². The van der Waals surface area contributed by atoms with Crippen molar-refractivity contribution in [2.45, 2.75) is 80.8 Å². The third-order valence-electron chi connectivity index (χ3n) is 5.66. The van der Waals surface area contributed by atoms with Gasteiger partial charge in [0.15, 0.2) is 5.16 Å². The molecule has 0 spiro atoms. The molecule has 2 aliphatic rings. The first-order valence-electron chi connectivity index (χ1n) is 10.0. The number of hydrogen-bond acceptors (Lipinski definition) is 5. The number of nitrogens with zero attached hydrogens (tertiary/aromatic N) is 4. The molecule has 0 saturated heterocycles. The topological polar surface area (TPSA) is 51.0 Å². The second kappa shape index (κ2) is 8.35. The average Bonchev–Trinajstić information content (AvgIpc) is 3.25. The fourth-order valence-electron chi connectivity index (χ4n) is 3.92. The van der Waals surface area contributed by atoms with Crippen molar-refractivity contribution in [2.75, 3.05) is 7.05 Å². The van der Waals surface area contributed by atoms with Gasteiger partial charge in [-0.25, -0.2) is 0 Å². The van der Waals surface area contributed by atoms with Gasteiger partial charge in [-0.2, -0.15) is 0 Å². The number of hydrogen-bond donors (Lipinski definition) is 0. The molecule has 0 radical (unpaired) electrons. The molecule has 2 aromatic heterocycles. The molecule has 27 heavy (non-hydrogen) atoms. The van der Waals surface area contributed by atoms with E-state index >= 15 is 0 Å². The van der Waals surface area contributed by atoms with Crippen molar-refractivity contribution in [3.8, 4) is 0 Å². The van der Waals surface area contributed by atoms with Crippen molar-refractivity contribution in [3.63, 3.8) is 0 Å². The monoisotopic (exact) mass is 404 g/mol. The van der Waals surface area contributed by atoms with E-state index in [-0.39, 0.29) is 11.2 Å². The lowest BCUT2D eigenvalue weighted by Gasteiger charge is -2.32. The smallest absolute Gasteiger partial charge is 0.235 e. The quantitative estimate of drug-likeness (QED) is 0.636. The van der Waals surface area contributed by atoms with Gasteiger partial charge < -0.3 is 9.47 Å². The second-order valence-corrected chi connectivity index (χ2v) is 10.1. The molecule has 4 rings (SSSR count). The van der Waals surface area contributed by atoms with Gasteiger partial charge >= 0.3 is 0 Å². The van der Waals surface area contributed by atoms with Crippen LogP contribution >= 0.6 is 23.1 Å². The third-order valence-corrected chi connectivity index (χ3v) is 7.58. The van der Waals surface area contributed by atoms with Gasteiger partial charge in [-0.1, -0.05) is 37.1 Å². The standard InChI is InChI=1S/C20H28N4OS2/c1-14(19(25)23(2)15-7-4-3-5-8-15)27-20-22-21-18(24(20)16-10-11-16)13-17-9-6-12-26-17/h6,9,12,14-16H,3-5,7-8,10-11,13H2,1-2H3/t14-/m0/s1. The minimum atomic E-state index is -0.131. The number of carbonyl (C=O) groups excluding carboxylic acids is 1. The molecule has 2 heterocycles. The number of aromatic nitrogens is 3. The molecule has 0 aromatic carbocycles. The molecule has 2 aliphatic carbocycles. The van der Waals surface area contributed by atoms with Crippen LogP contribution < -0.4 is 0 Å². The van der Waals surface area contributed by atoms with Gasteiger partial charge in [-0.15, -0.1) is 21.5 Å². The van der Waals surface area contributed by atoms with E-state index in [9.17, 15) is 4.79 Å². The van der Waals surface area contributed by atoms with Crippen LogP contribution in [0.1, 0.15) is 68.6 Å². The molecular formula is C20H28N4OS2. The summed E-state index contributed by atoms with van der Waals surface area (Å²) in [5.74, 6) is 1.25. The molecular weight excluding hydrogens is 376 g/mol. The van der Waals surface area contributed by atoms with E-state index in [1.54, 1.807) is 23.1 Å². The van der Waals surface area contributed by atoms with Crippen molar-refractivity contribution >= 4 is 29.0 Å². The summed E-state index contributed by atoms with van der Waals surface area (Å²) in [4.78, 5) is 16.3. The van der Waals surface area contributed by atoms with Gasteiger partial charge in [0.1, 0.15) is 5.82 Å². The van der Waals surface area contributed by atoms with Crippen LogP contribution in [0.3, 0.4) is 0 Å². The average molecular weight is 405 g/mol.